The standard InChI is InChI=1S/C17H25F2NO3/c1-5-17(11-21,10-20-15(22)23-16(2,3)4)9-12-13(18)7-6-8-14(12)19/h6-8,21H,5,9-11H2,1-4H3,(H,20,22). The van der Waals surface area contributed by atoms with Gasteiger partial charge in [0.25, 0.3) is 0 Å². The van der Waals surface area contributed by atoms with Crippen molar-refractivity contribution in [2.75, 3.05) is 13.2 Å². The first kappa shape index (κ1) is 19.4. The van der Waals surface area contributed by atoms with Gasteiger partial charge in [0.15, 0.2) is 0 Å². The molecule has 1 atom stereocenters. The number of nitrogens with one attached hydrogen (secondary N) is 1. The molecule has 1 aromatic carbocycles. The molecule has 130 valence electrons. The lowest BCUT2D eigenvalue weighted by molar-refractivity contribution is 0.0460. The quantitative estimate of drug-likeness (QED) is 0.841. The van der Waals surface area contributed by atoms with Crippen molar-refractivity contribution in [3.8, 4) is 0 Å². The molecule has 1 amide bonds. The van der Waals surface area contributed by atoms with Crippen LogP contribution < -0.4 is 5.32 Å². The Bertz CT molecular complexity index is 517. The number of rotatable bonds is 6. The van der Waals surface area contributed by atoms with Crippen LogP contribution in [0.15, 0.2) is 18.2 Å². The maximum absolute atomic E-state index is 13.8. The van der Waals surface area contributed by atoms with E-state index in [1.54, 1.807) is 27.7 Å². The lowest BCUT2D eigenvalue weighted by atomic mass is 9.79. The Morgan fingerprint density at radius 3 is 2.26 bits per heavy atom. The fraction of sp³-hybridized carbons (Fsp3) is 0.588. The Hall–Kier alpha value is -1.69. The van der Waals surface area contributed by atoms with Crippen LogP contribution in [0.25, 0.3) is 0 Å². The summed E-state index contributed by atoms with van der Waals surface area (Å²) in [4.78, 5) is 11.8. The third-order valence-corrected chi connectivity index (χ3v) is 3.71. The minimum Gasteiger partial charge on any atom is -0.444 e. The Labute approximate surface area is 135 Å². The number of carbonyl (C=O) groups is 1. The van der Waals surface area contributed by atoms with E-state index in [0.717, 1.165) is 0 Å². The highest BCUT2D eigenvalue weighted by atomic mass is 19.1. The van der Waals surface area contributed by atoms with E-state index in [1.807, 2.05) is 0 Å². The average Bonchev–Trinajstić information content (AvgIpc) is 2.45. The number of aliphatic hydroxyl groups is 1. The van der Waals surface area contributed by atoms with Gasteiger partial charge in [0.2, 0.25) is 0 Å². The van der Waals surface area contributed by atoms with E-state index in [2.05, 4.69) is 5.32 Å². The molecule has 0 aliphatic carbocycles. The molecule has 0 aliphatic rings. The number of hydrogen-bond donors (Lipinski definition) is 2. The molecular formula is C17H25F2NO3. The SMILES string of the molecule is CCC(CO)(CNC(=O)OC(C)(C)C)Cc1c(F)cccc1F. The Balaban J connectivity index is 2.85. The summed E-state index contributed by atoms with van der Waals surface area (Å²) in [5.74, 6) is -1.32. The van der Waals surface area contributed by atoms with Crippen LogP contribution in [0.2, 0.25) is 0 Å². The molecule has 1 unspecified atom stereocenters. The zero-order valence-corrected chi connectivity index (χ0v) is 14.1. The van der Waals surface area contributed by atoms with Gasteiger partial charge in [-0.3, -0.25) is 0 Å². The van der Waals surface area contributed by atoms with E-state index in [9.17, 15) is 18.7 Å². The topological polar surface area (TPSA) is 58.6 Å². The first-order valence-corrected chi connectivity index (χ1v) is 7.63. The molecule has 0 saturated carbocycles. The smallest absolute Gasteiger partial charge is 0.407 e. The molecule has 23 heavy (non-hydrogen) atoms. The number of alkyl carbamates (subject to hydrolysis) is 1. The van der Waals surface area contributed by atoms with Crippen molar-refractivity contribution in [2.45, 2.75) is 46.1 Å². The van der Waals surface area contributed by atoms with Gasteiger partial charge in [-0.25, -0.2) is 13.6 Å². The van der Waals surface area contributed by atoms with Crippen LogP contribution in [-0.2, 0) is 11.2 Å². The molecule has 4 nitrogen and oxygen atoms in total. The monoisotopic (exact) mass is 329 g/mol. The Kier molecular flexibility index (Phi) is 6.50. The maximum Gasteiger partial charge on any atom is 0.407 e. The molecule has 0 aliphatic heterocycles. The fourth-order valence-corrected chi connectivity index (χ4v) is 2.19. The largest absolute Gasteiger partial charge is 0.444 e. The number of carbonyl (C=O) groups excluding carboxylic acids is 1. The summed E-state index contributed by atoms with van der Waals surface area (Å²) in [5, 5.41) is 12.3. The predicted molar refractivity (Wildman–Crippen MR) is 84.1 cm³/mol. The number of aliphatic hydroxyl groups excluding tert-OH is 1. The maximum atomic E-state index is 13.8. The normalized spacial score (nSPS) is 14.2. The first-order valence-electron chi connectivity index (χ1n) is 7.63. The van der Waals surface area contributed by atoms with Gasteiger partial charge >= 0.3 is 6.09 Å². The molecular weight excluding hydrogens is 304 g/mol. The van der Waals surface area contributed by atoms with Crippen molar-refractivity contribution in [3.05, 3.63) is 35.4 Å². The van der Waals surface area contributed by atoms with E-state index in [1.165, 1.54) is 18.2 Å². The van der Waals surface area contributed by atoms with Crippen molar-refractivity contribution in [3.63, 3.8) is 0 Å². The van der Waals surface area contributed by atoms with Crippen molar-refractivity contribution >= 4 is 6.09 Å². The van der Waals surface area contributed by atoms with E-state index >= 15 is 0 Å². The summed E-state index contributed by atoms with van der Waals surface area (Å²) in [6.45, 7) is 6.75. The van der Waals surface area contributed by atoms with Crippen LogP contribution in [-0.4, -0.2) is 30.0 Å². The van der Waals surface area contributed by atoms with Crippen LogP contribution in [0.4, 0.5) is 13.6 Å². The minimum absolute atomic E-state index is 0.0195. The minimum atomic E-state index is -0.861. The molecule has 0 spiro atoms. The van der Waals surface area contributed by atoms with Crippen molar-refractivity contribution < 1.29 is 23.4 Å². The molecule has 0 radical (unpaired) electrons. The number of halogens is 2. The fourth-order valence-electron chi connectivity index (χ4n) is 2.19. The van der Waals surface area contributed by atoms with E-state index in [4.69, 9.17) is 4.74 Å². The highest BCUT2D eigenvalue weighted by molar-refractivity contribution is 5.67. The van der Waals surface area contributed by atoms with Gasteiger partial charge in [-0.05, 0) is 45.7 Å². The van der Waals surface area contributed by atoms with E-state index < -0.39 is 28.7 Å². The summed E-state index contributed by atoms with van der Waals surface area (Å²) < 4.78 is 32.8. The second-order valence-electron chi connectivity index (χ2n) is 6.74. The summed E-state index contributed by atoms with van der Waals surface area (Å²) in [6, 6.07) is 3.65. The van der Waals surface area contributed by atoms with Crippen LogP contribution >= 0.6 is 0 Å². The van der Waals surface area contributed by atoms with E-state index in [0.29, 0.717) is 6.42 Å². The predicted octanol–water partition coefficient (Wildman–Crippen LogP) is 3.42. The lowest BCUT2D eigenvalue weighted by Crippen LogP contribution is -2.43. The van der Waals surface area contributed by atoms with Gasteiger partial charge in [-0.15, -0.1) is 0 Å². The third kappa shape index (κ3) is 5.78. The zero-order valence-electron chi connectivity index (χ0n) is 14.1. The van der Waals surface area contributed by atoms with Crippen molar-refractivity contribution in [1.29, 1.82) is 0 Å². The van der Waals surface area contributed by atoms with Crippen molar-refractivity contribution in [1.82, 2.24) is 5.32 Å². The Morgan fingerprint density at radius 2 is 1.83 bits per heavy atom. The Morgan fingerprint density at radius 1 is 1.26 bits per heavy atom. The van der Waals surface area contributed by atoms with Gasteiger partial charge in [0.1, 0.15) is 17.2 Å². The molecule has 6 heteroatoms. The summed E-state index contributed by atoms with van der Waals surface area (Å²) in [7, 11) is 0. The number of amides is 1. The summed E-state index contributed by atoms with van der Waals surface area (Å²) in [6.07, 6.45) is -0.209. The first-order chi connectivity index (χ1) is 10.6. The van der Waals surface area contributed by atoms with Crippen LogP contribution in [0, 0.1) is 17.0 Å². The summed E-state index contributed by atoms with van der Waals surface area (Å²) >= 11 is 0. The summed E-state index contributed by atoms with van der Waals surface area (Å²) in [5.41, 5.74) is -1.59. The molecule has 0 aromatic heterocycles. The van der Waals surface area contributed by atoms with Gasteiger partial charge in [-0.2, -0.15) is 0 Å². The van der Waals surface area contributed by atoms with Gasteiger partial charge in [0, 0.05) is 17.5 Å². The van der Waals surface area contributed by atoms with Crippen molar-refractivity contribution in [2.24, 2.45) is 5.41 Å². The molecule has 1 rings (SSSR count). The molecule has 0 heterocycles. The molecule has 1 aromatic rings. The van der Waals surface area contributed by atoms with Gasteiger partial charge < -0.3 is 15.2 Å². The van der Waals surface area contributed by atoms with Crippen LogP contribution in [0.3, 0.4) is 0 Å². The van der Waals surface area contributed by atoms with Crippen LogP contribution in [0.5, 0.6) is 0 Å². The molecule has 0 bridgehead atoms. The molecule has 0 saturated heterocycles. The zero-order chi connectivity index (χ0) is 17.7. The second kappa shape index (κ2) is 7.73. The number of benzene rings is 1. The molecule has 0 fully saturated rings. The van der Waals surface area contributed by atoms with Crippen LogP contribution in [0.1, 0.15) is 39.7 Å². The second-order valence-corrected chi connectivity index (χ2v) is 6.74. The third-order valence-electron chi connectivity index (χ3n) is 3.71. The number of ether oxygens (including phenoxy) is 1. The highest BCUT2D eigenvalue weighted by Gasteiger charge is 2.31. The lowest BCUT2D eigenvalue weighted by Gasteiger charge is -2.32. The average molecular weight is 329 g/mol. The van der Waals surface area contributed by atoms with Gasteiger partial charge in [-0.1, -0.05) is 13.0 Å². The number of hydrogen-bond acceptors (Lipinski definition) is 3. The van der Waals surface area contributed by atoms with E-state index in [-0.39, 0.29) is 25.1 Å². The highest BCUT2D eigenvalue weighted by Crippen LogP contribution is 2.28. The van der Waals surface area contributed by atoms with Gasteiger partial charge in [0.05, 0.1) is 6.61 Å². The molecule has 2 N–H and O–H groups in total.